The summed E-state index contributed by atoms with van der Waals surface area (Å²) in [6.07, 6.45) is 5.48. The van der Waals surface area contributed by atoms with E-state index in [2.05, 4.69) is 13.2 Å². The van der Waals surface area contributed by atoms with Crippen molar-refractivity contribution >= 4 is 11.9 Å². The van der Waals surface area contributed by atoms with Crippen LogP contribution in [0.5, 0.6) is 0 Å². The third-order valence-electron chi connectivity index (χ3n) is 2.38. The summed E-state index contributed by atoms with van der Waals surface area (Å²) < 4.78 is 0. The van der Waals surface area contributed by atoms with Crippen LogP contribution in [0, 0.1) is 11.3 Å². The Bertz CT molecular complexity index is 557. The average molecular weight is 235 g/mol. The first kappa shape index (κ1) is 13.4. The van der Waals surface area contributed by atoms with E-state index in [-0.39, 0.29) is 5.57 Å². The third-order valence-corrected chi connectivity index (χ3v) is 2.38. The molecule has 1 aromatic carbocycles. The molecule has 18 heavy (non-hydrogen) atoms. The van der Waals surface area contributed by atoms with Crippen LogP contribution in [0.2, 0.25) is 0 Å². The number of rotatable bonds is 5. The van der Waals surface area contributed by atoms with Gasteiger partial charge < -0.3 is 0 Å². The summed E-state index contributed by atoms with van der Waals surface area (Å²) in [6, 6.07) is 11.2. The smallest absolute Gasteiger partial charge is 0.161 e. The lowest BCUT2D eigenvalue weighted by atomic mass is 9.93. The molecule has 0 amide bonds. The fraction of sp³-hybridized carbons (Fsp3) is 0. The minimum absolute atomic E-state index is 0.0780. The van der Waals surface area contributed by atoms with Crippen molar-refractivity contribution in [3.63, 3.8) is 0 Å². The first-order chi connectivity index (χ1) is 8.78. The number of hydrogen-bond acceptors (Lipinski definition) is 2. The standard InChI is InChI=1S/C16H13NO/c1-3-8-13(4-2)16(15(11-17)12-18)14-9-6-5-7-10-14/h3-10,12H,1-2H2/b13-8+,16-15+. The van der Waals surface area contributed by atoms with Gasteiger partial charge in [0.25, 0.3) is 0 Å². The molecule has 0 atom stereocenters. The lowest BCUT2D eigenvalue weighted by molar-refractivity contribution is -0.104. The molecule has 88 valence electrons. The van der Waals surface area contributed by atoms with E-state index in [9.17, 15) is 4.79 Å². The van der Waals surface area contributed by atoms with E-state index >= 15 is 0 Å². The molecule has 0 aromatic heterocycles. The molecule has 2 heteroatoms. The van der Waals surface area contributed by atoms with Crippen molar-refractivity contribution < 1.29 is 4.79 Å². The van der Waals surface area contributed by atoms with E-state index in [1.54, 1.807) is 18.2 Å². The van der Waals surface area contributed by atoms with Gasteiger partial charge in [-0.3, -0.25) is 4.79 Å². The topological polar surface area (TPSA) is 40.9 Å². The zero-order valence-corrected chi connectivity index (χ0v) is 9.97. The fourth-order valence-corrected chi connectivity index (χ4v) is 1.60. The second kappa shape index (κ2) is 6.82. The van der Waals surface area contributed by atoms with Gasteiger partial charge >= 0.3 is 0 Å². The molecule has 0 spiro atoms. The summed E-state index contributed by atoms with van der Waals surface area (Å²) in [7, 11) is 0. The molecule has 2 nitrogen and oxygen atoms in total. The summed E-state index contributed by atoms with van der Waals surface area (Å²) in [5.74, 6) is 0. The number of nitrogens with zero attached hydrogens (tertiary/aromatic N) is 1. The second-order valence-corrected chi connectivity index (χ2v) is 3.45. The number of nitriles is 1. The summed E-state index contributed by atoms with van der Waals surface area (Å²) in [4.78, 5) is 11.0. The number of carbonyl (C=O) groups is 1. The van der Waals surface area contributed by atoms with Gasteiger partial charge in [-0.25, -0.2) is 0 Å². The predicted molar refractivity (Wildman–Crippen MR) is 73.5 cm³/mol. The lowest BCUT2D eigenvalue weighted by Gasteiger charge is -2.09. The Morgan fingerprint density at radius 1 is 1.22 bits per heavy atom. The first-order valence-electron chi connectivity index (χ1n) is 5.39. The maximum atomic E-state index is 11.0. The van der Waals surface area contributed by atoms with Crippen LogP contribution in [-0.4, -0.2) is 6.29 Å². The highest BCUT2D eigenvalue weighted by Gasteiger charge is 2.11. The van der Waals surface area contributed by atoms with Crippen LogP contribution in [0.3, 0.4) is 0 Å². The van der Waals surface area contributed by atoms with Gasteiger partial charge in [-0.1, -0.05) is 61.7 Å². The zero-order valence-electron chi connectivity index (χ0n) is 9.97. The maximum absolute atomic E-state index is 11.0. The van der Waals surface area contributed by atoms with Crippen LogP contribution in [-0.2, 0) is 4.79 Å². The Balaban J connectivity index is 3.57. The van der Waals surface area contributed by atoms with Gasteiger partial charge in [-0.15, -0.1) is 0 Å². The molecule has 0 fully saturated rings. The number of allylic oxidation sites excluding steroid dienone is 6. The van der Waals surface area contributed by atoms with Gasteiger partial charge in [0.05, 0.1) is 0 Å². The van der Waals surface area contributed by atoms with Crippen LogP contribution < -0.4 is 0 Å². The maximum Gasteiger partial charge on any atom is 0.161 e. The van der Waals surface area contributed by atoms with Gasteiger partial charge in [0, 0.05) is 5.57 Å². The first-order valence-corrected chi connectivity index (χ1v) is 5.39. The summed E-state index contributed by atoms with van der Waals surface area (Å²) in [5, 5.41) is 9.04. The molecule has 0 radical (unpaired) electrons. The van der Waals surface area contributed by atoms with Crippen molar-refractivity contribution in [2.75, 3.05) is 0 Å². The zero-order chi connectivity index (χ0) is 13.4. The van der Waals surface area contributed by atoms with Crippen molar-refractivity contribution in [3.05, 3.63) is 78.4 Å². The quantitative estimate of drug-likeness (QED) is 0.339. The monoisotopic (exact) mass is 235 g/mol. The predicted octanol–water partition coefficient (Wildman–Crippen LogP) is 3.46. The van der Waals surface area contributed by atoms with Gasteiger partial charge in [0.2, 0.25) is 0 Å². The normalized spacial score (nSPS) is 12.1. The Labute approximate surface area is 107 Å². The number of benzene rings is 1. The van der Waals surface area contributed by atoms with E-state index < -0.39 is 0 Å². The van der Waals surface area contributed by atoms with Crippen molar-refractivity contribution in [2.24, 2.45) is 0 Å². The van der Waals surface area contributed by atoms with Crippen LogP contribution in [0.15, 0.2) is 72.9 Å². The van der Waals surface area contributed by atoms with Gasteiger partial charge in [-0.2, -0.15) is 5.26 Å². The minimum atomic E-state index is 0.0780. The molecular weight excluding hydrogens is 222 g/mol. The van der Waals surface area contributed by atoms with Gasteiger partial charge in [0.15, 0.2) is 6.29 Å². The second-order valence-electron chi connectivity index (χ2n) is 3.45. The molecule has 0 saturated heterocycles. The summed E-state index contributed by atoms with van der Waals surface area (Å²) >= 11 is 0. The van der Waals surface area contributed by atoms with Gasteiger partial charge in [0.1, 0.15) is 11.6 Å². The molecule has 0 bridgehead atoms. The average Bonchev–Trinajstić information content (AvgIpc) is 2.43. The van der Waals surface area contributed by atoms with E-state index in [4.69, 9.17) is 5.26 Å². The van der Waals surface area contributed by atoms with Crippen LogP contribution >= 0.6 is 0 Å². The molecule has 1 aromatic rings. The molecule has 0 aliphatic heterocycles. The highest BCUT2D eigenvalue weighted by Crippen LogP contribution is 2.26. The van der Waals surface area contributed by atoms with E-state index in [1.165, 1.54) is 0 Å². The summed E-state index contributed by atoms with van der Waals surface area (Å²) in [6.45, 7) is 7.32. The highest BCUT2D eigenvalue weighted by molar-refractivity contribution is 5.99. The third kappa shape index (κ3) is 2.93. The van der Waals surface area contributed by atoms with Crippen molar-refractivity contribution in [2.45, 2.75) is 0 Å². The van der Waals surface area contributed by atoms with Crippen molar-refractivity contribution in [1.82, 2.24) is 0 Å². The Kier molecular flexibility index (Phi) is 5.08. The largest absolute Gasteiger partial charge is 0.297 e. The fourth-order valence-electron chi connectivity index (χ4n) is 1.60. The van der Waals surface area contributed by atoms with Crippen molar-refractivity contribution in [3.8, 4) is 6.07 Å². The molecule has 0 unspecified atom stereocenters. The molecule has 0 heterocycles. The van der Waals surface area contributed by atoms with E-state index in [0.29, 0.717) is 17.4 Å². The minimum Gasteiger partial charge on any atom is -0.297 e. The number of carbonyl (C=O) groups excluding carboxylic acids is 1. The molecular formula is C16H13NO. The molecule has 0 saturated carbocycles. The Hall–Kier alpha value is -2.66. The molecule has 1 rings (SSSR count). The molecule has 0 aliphatic rings. The molecule has 0 aliphatic carbocycles. The SMILES string of the molecule is C=C/C=C(C=C)/C(=C(/C#N)C=O)c1ccccc1. The number of hydrogen-bond donors (Lipinski definition) is 0. The van der Waals surface area contributed by atoms with E-state index in [1.807, 2.05) is 36.4 Å². The lowest BCUT2D eigenvalue weighted by Crippen LogP contribution is -1.94. The van der Waals surface area contributed by atoms with Crippen LogP contribution in [0.4, 0.5) is 0 Å². The van der Waals surface area contributed by atoms with Crippen molar-refractivity contribution in [1.29, 1.82) is 5.26 Å². The number of aldehydes is 1. The Morgan fingerprint density at radius 3 is 2.33 bits per heavy atom. The summed E-state index contributed by atoms with van der Waals surface area (Å²) in [5.41, 5.74) is 2.14. The van der Waals surface area contributed by atoms with Crippen LogP contribution in [0.25, 0.3) is 5.57 Å². The molecule has 0 N–H and O–H groups in total. The Morgan fingerprint density at radius 2 is 1.89 bits per heavy atom. The van der Waals surface area contributed by atoms with E-state index in [0.717, 1.165) is 5.56 Å². The van der Waals surface area contributed by atoms with Gasteiger partial charge in [-0.05, 0) is 11.1 Å². The highest BCUT2D eigenvalue weighted by atomic mass is 16.1. The van der Waals surface area contributed by atoms with Crippen LogP contribution in [0.1, 0.15) is 5.56 Å².